The second kappa shape index (κ2) is 7.51. The highest BCUT2D eigenvalue weighted by Crippen LogP contribution is 2.34. The summed E-state index contributed by atoms with van der Waals surface area (Å²) in [6.07, 6.45) is 1.17. The molecule has 2 heteroatoms. The molecule has 0 saturated heterocycles. The van der Waals surface area contributed by atoms with Crippen molar-refractivity contribution in [3.63, 3.8) is 0 Å². The molecule has 2 rings (SSSR count). The smallest absolute Gasteiger partial charge is 0.120 e. The molecule has 0 aliphatic carbocycles. The molecule has 0 spiro atoms. The zero-order valence-corrected chi connectivity index (χ0v) is 16.7. The summed E-state index contributed by atoms with van der Waals surface area (Å²) >= 11 is 0. The Morgan fingerprint density at radius 2 is 1.20 bits per heavy atom. The molecule has 0 N–H and O–H groups in total. The van der Waals surface area contributed by atoms with E-state index in [1.807, 2.05) is 13.8 Å². The highest BCUT2D eigenvalue weighted by atomic mass is 16.5. The summed E-state index contributed by atoms with van der Waals surface area (Å²) in [5.41, 5.74) is 2.33. The van der Waals surface area contributed by atoms with Crippen molar-refractivity contribution in [2.45, 2.75) is 72.0 Å². The maximum absolute atomic E-state index is 6.06. The Kier molecular flexibility index (Phi) is 5.82. The molecule has 0 aliphatic heterocycles. The summed E-state index contributed by atoms with van der Waals surface area (Å²) < 4.78 is 11.8. The molecule has 0 aliphatic rings. The van der Waals surface area contributed by atoms with E-state index in [-0.39, 0.29) is 17.1 Å². The van der Waals surface area contributed by atoms with Crippen LogP contribution < -0.4 is 9.47 Å². The zero-order valence-electron chi connectivity index (χ0n) is 16.7. The van der Waals surface area contributed by atoms with E-state index in [2.05, 4.69) is 83.1 Å². The van der Waals surface area contributed by atoms with E-state index in [1.165, 1.54) is 11.1 Å². The third-order valence-corrected chi connectivity index (χ3v) is 4.77. The second-order valence-corrected chi connectivity index (χ2v) is 8.06. The van der Waals surface area contributed by atoms with Gasteiger partial charge in [-0.15, -0.1) is 0 Å². The van der Waals surface area contributed by atoms with Crippen molar-refractivity contribution in [2.24, 2.45) is 0 Å². The van der Waals surface area contributed by atoms with Crippen molar-refractivity contribution >= 4 is 0 Å². The van der Waals surface area contributed by atoms with E-state index < -0.39 is 0 Å². The standard InChI is InChI=1S/C23H32O2/c1-8-22(4,5)25-21-15-11-19(12-16-21)23(6,7)18-9-13-20(14-10-18)24-17(2)3/h9-17H,8H2,1-7H3. The fourth-order valence-electron chi connectivity index (χ4n) is 2.72. The average Bonchev–Trinajstić information content (AvgIpc) is 2.55. The Labute approximate surface area is 153 Å². The Morgan fingerprint density at radius 3 is 1.60 bits per heavy atom. The summed E-state index contributed by atoms with van der Waals surface area (Å²) in [5, 5.41) is 0. The second-order valence-electron chi connectivity index (χ2n) is 8.06. The van der Waals surface area contributed by atoms with Crippen LogP contribution in [0.3, 0.4) is 0 Å². The van der Waals surface area contributed by atoms with E-state index in [1.54, 1.807) is 0 Å². The molecule has 136 valence electrons. The van der Waals surface area contributed by atoms with Gasteiger partial charge in [-0.05, 0) is 69.5 Å². The van der Waals surface area contributed by atoms with Crippen molar-refractivity contribution in [3.8, 4) is 11.5 Å². The van der Waals surface area contributed by atoms with Gasteiger partial charge in [-0.3, -0.25) is 0 Å². The largest absolute Gasteiger partial charge is 0.491 e. The molecule has 0 unspecified atom stereocenters. The molecule has 25 heavy (non-hydrogen) atoms. The molecule has 2 aromatic rings. The van der Waals surface area contributed by atoms with Crippen LogP contribution in [0.5, 0.6) is 11.5 Å². The lowest BCUT2D eigenvalue weighted by molar-refractivity contribution is 0.105. The third-order valence-electron chi connectivity index (χ3n) is 4.77. The van der Waals surface area contributed by atoms with Gasteiger partial charge in [0, 0.05) is 5.41 Å². The summed E-state index contributed by atoms with van der Waals surface area (Å²) in [5.74, 6) is 1.84. The molecule has 0 aromatic heterocycles. The van der Waals surface area contributed by atoms with Crippen molar-refractivity contribution in [1.29, 1.82) is 0 Å². The molecule has 0 heterocycles. The number of benzene rings is 2. The Bertz CT molecular complexity index is 664. The zero-order chi connectivity index (χ0) is 18.7. The molecule has 0 amide bonds. The van der Waals surface area contributed by atoms with Gasteiger partial charge in [-0.25, -0.2) is 0 Å². The average molecular weight is 341 g/mol. The van der Waals surface area contributed by atoms with Gasteiger partial charge in [0.25, 0.3) is 0 Å². The topological polar surface area (TPSA) is 18.5 Å². The van der Waals surface area contributed by atoms with Crippen LogP contribution in [0.1, 0.15) is 66.0 Å². The molecular formula is C23H32O2. The minimum Gasteiger partial charge on any atom is -0.491 e. The summed E-state index contributed by atoms with van der Waals surface area (Å²) in [6, 6.07) is 16.9. The SMILES string of the molecule is CCC(C)(C)Oc1ccc(C(C)(C)c2ccc(OC(C)C)cc2)cc1. The Hall–Kier alpha value is -1.96. The fraction of sp³-hybridized carbons (Fsp3) is 0.478. The summed E-state index contributed by atoms with van der Waals surface area (Å²) in [7, 11) is 0. The highest BCUT2D eigenvalue weighted by Gasteiger charge is 2.24. The van der Waals surface area contributed by atoms with Crippen molar-refractivity contribution in [1.82, 2.24) is 0 Å². The number of hydrogen-bond acceptors (Lipinski definition) is 2. The van der Waals surface area contributed by atoms with Gasteiger partial charge in [0.15, 0.2) is 0 Å². The van der Waals surface area contributed by atoms with Crippen molar-refractivity contribution < 1.29 is 9.47 Å². The van der Waals surface area contributed by atoms with E-state index in [0.717, 1.165) is 17.9 Å². The van der Waals surface area contributed by atoms with Crippen LogP contribution in [-0.4, -0.2) is 11.7 Å². The van der Waals surface area contributed by atoms with E-state index in [0.29, 0.717) is 0 Å². The normalized spacial score (nSPS) is 12.3. The van der Waals surface area contributed by atoms with Gasteiger partial charge >= 0.3 is 0 Å². The number of rotatable bonds is 7. The van der Waals surface area contributed by atoms with Crippen LogP contribution in [-0.2, 0) is 5.41 Å². The summed E-state index contributed by atoms with van der Waals surface area (Å²) in [6.45, 7) is 15.0. The minimum absolute atomic E-state index is 0.0742. The molecule has 0 radical (unpaired) electrons. The van der Waals surface area contributed by atoms with E-state index in [9.17, 15) is 0 Å². The van der Waals surface area contributed by atoms with Gasteiger partial charge in [-0.2, -0.15) is 0 Å². The van der Waals surface area contributed by atoms with Gasteiger partial charge < -0.3 is 9.47 Å². The molecule has 2 nitrogen and oxygen atoms in total. The van der Waals surface area contributed by atoms with E-state index in [4.69, 9.17) is 9.47 Å². The molecular weight excluding hydrogens is 308 g/mol. The van der Waals surface area contributed by atoms with Crippen molar-refractivity contribution in [3.05, 3.63) is 59.7 Å². The van der Waals surface area contributed by atoms with Crippen molar-refractivity contribution in [2.75, 3.05) is 0 Å². The minimum atomic E-state index is -0.136. The quantitative estimate of drug-likeness (QED) is 0.583. The van der Waals surface area contributed by atoms with Crippen LogP contribution in [0.2, 0.25) is 0 Å². The monoisotopic (exact) mass is 340 g/mol. The number of hydrogen-bond donors (Lipinski definition) is 0. The molecule has 0 atom stereocenters. The van der Waals surface area contributed by atoms with Gasteiger partial charge in [-0.1, -0.05) is 45.0 Å². The fourth-order valence-corrected chi connectivity index (χ4v) is 2.72. The lowest BCUT2D eigenvalue weighted by Gasteiger charge is -2.28. The van der Waals surface area contributed by atoms with Crippen LogP contribution in [0, 0.1) is 0 Å². The van der Waals surface area contributed by atoms with Gasteiger partial charge in [0.2, 0.25) is 0 Å². The first-order chi connectivity index (χ1) is 11.6. The summed E-state index contributed by atoms with van der Waals surface area (Å²) in [4.78, 5) is 0. The first kappa shape index (κ1) is 19.4. The van der Waals surface area contributed by atoms with Crippen LogP contribution in [0.4, 0.5) is 0 Å². The van der Waals surface area contributed by atoms with Crippen LogP contribution in [0.15, 0.2) is 48.5 Å². The molecule has 2 aromatic carbocycles. The van der Waals surface area contributed by atoms with Gasteiger partial charge in [0.05, 0.1) is 6.10 Å². The lowest BCUT2D eigenvalue weighted by atomic mass is 9.78. The molecule has 0 fully saturated rings. The molecule has 0 bridgehead atoms. The molecule has 0 saturated carbocycles. The van der Waals surface area contributed by atoms with E-state index >= 15 is 0 Å². The number of ether oxygens (including phenoxy) is 2. The predicted molar refractivity (Wildman–Crippen MR) is 106 cm³/mol. The predicted octanol–water partition coefficient (Wildman–Crippen LogP) is 6.37. The third kappa shape index (κ3) is 5.01. The first-order valence-electron chi connectivity index (χ1n) is 9.21. The first-order valence-corrected chi connectivity index (χ1v) is 9.21. The highest BCUT2D eigenvalue weighted by molar-refractivity contribution is 5.42. The van der Waals surface area contributed by atoms with Crippen LogP contribution in [0.25, 0.3) is 0 Å². The van der Waals surface area contributed by atoms with Gasteiger partial charge in [0.1, 0.15) is 17.1 Å². The maximum Gasteiger partial charge on any atom is 0.120 e. The Balaban J connectivity index is 2.18. The maximum atomic E-state index is 6.06. The Morgan fingerprint density at radius 1 is 0.760 bits per heavy atom. The van der Waals surface area contributed by atoms with Crippen LogP contribution >= 0.6 is 0 Å². The lowest BCUT2D eigenvalue weighted by Crippen LogP contribution is -2.26.